The van der Waals surface area contributed by atoms with Gasteiger partial charge in [0, 0.05) is 25.0 Å². The summed E-state index contributed by atoms with van der Waals surface area (Å²) in [5.74, 6) is 0. The number of para-hydroxylation sites is 1. The van der Waals surface area contributed by atoms with Crippen LogP contribution >= 0.6 is 12.4 Å². The van der Waals surface area contributed by atoms with E-state index in [1.165, 1.54) is 5.69 Å². The molecule has 0 saturated heterocycles. The highest BCUT2D eigenvalue weighted by Crippen LogP contribution is 2.12. The van der Waals surface area contributed by atoms with E-state index in [0.717, 1.165) is 19.6 Å². The molecule has 0 amide bonds. The van der Waals surface area contributed by atoms with Gasteiger partial charge in [-0.3, -0.25) is 4.68 Å². The molecule has 17 heavy (non-hydrogen) atoms. The van der Waals surface area contributed by atoms with E-state index in [0.29, 0.717) is 0 Å². The van der Waals surface area contributed by atoms with Gasteiger partial charge in [-0.2, -0.15) is 0 Å². The minimum absolute atomic E-state index is 0. The van der Waals surface area contributed by atoms with Crippen molar-refractivity contribution in [3.63, 3.8) is 0 Å². The predicted molar refractivity (Wildman–Crippen MR) is 71.6 cm³/mol. The van der Waals surface area contributed by atoms with E-state index in [9.17, 15) is 0 Å². The number of halogens is 1. The van der Waals surface area contributed by atoms with E-state index in [1.54, 1.807) is 6.20 Å². The summed E-state index contributed by atoms with van der Waals surface area (Å²) in [6.07, 6.45) is 3.59. The molecule has 5 heteroatoms. The molecular formula is C12H17ClN4. The number of rotatable bonds is 5. The van der Waals surface area contributed by atoms with E-state index in [-0.39, 0.29) is 12.4 Å². The van der Waals surface area contributed by atoms with Crippen LogP contribution in [0.15, 0.2) is 42.7 Å². The van der Waals surface area contributed by atoms with Gasteiger partial charge in [0.15, 0.2) is 0 Å². The van der Waals surface area contributed by atoms with E-state index < -0.39 is 0 Å². The summed E-state index contributed by atoms with van der Waals surface area (Å²) in [7, 11) is 0. The topological polar surface area (TPSA) is 34.0 Å². The van der Waals surface area contributed by atoms with Crippen molar-refractivity contribution in [3.8, 4) is 0 Å². The zero-order chi connectivity index (χ0) is 11.2. The Morgan fingerprint density at radius 2 is 2.00 bits per heavy atom. The van der Waals surface area contributed by atoms with Crippen molar-refractivity contribution < 1.29 is 0 Å². The lowest BCUT2D eigenvalue weighted by atomic mass is 10.3. The number of nitrogens with zero attached hydrogens (tertiary/aromatic N) is 4. The van der Waals surface area contributed by atoms with Crippen molar-refractivity contribution in [2.45, 2.75) is 13.5 Å². The lowest BCUT2D eigenvalue weighted by Crippen LogP contribution is -2.27. The first kappa shape index (κ1) is 13.5. The molecule has 0 bridgehead atoms. The molecule has 1 aromatic carbocycles. The van der Waals surface area contributed by atoms with Gasteiger partial charge < -0.3 is 4.90 Å². The Labute approximate surface area is 108 Å². The Morgan fingerprint density at radius 1 is 1.24 bits per heavy atom. The molecule has 0 saturated carbocycles. The summed E-state index contributed by atoms with van der Waals surface area (Å²) in [6.45, 7) is 4.97. The molecule has 0 aliphatic heterocycles. The monoisotopic (exact) mass is 252 g/mol. The van der Waals surface area contributed by atoms with Gasteiger partial charge in [-0.25, -0.2) is 0 Å². The van der Waals surface area contributed by atoms with Gasteiger partial charge in [0.1, 0.15) is 0 Å². The molecule has 0 atom stereocenters. The fourth-order valence-corrected chi connectivity index (χ4v) is 1.68. The standard InChI is InChI=1S/C12H16N4.ClH/c1-2-15(12-6-4-3-5-7-12)10-11-16-9-8-13-14-16;/h3-9H,2,10-11H2,1H3;1H. The third kappa shape index (κ3) is 3.75. The second kappa shape index (κ2) is 6.91. The van der Waals surface area contributed by atoms with E-state index >= 15 is 0 Å². The van der Waals surface area contributed by atoms with Crippen molar-refractivity contribution in [2.24, 2.45) is 0 Å². The molecule has 0 unspecified atom stereocenters. The quantitative estimate of drug-likeness (QED) is 0.818. The fraction of sp³-hybridized carbons (Fsp3) is 0.333. The van der Waals surface area contributed by atoms with E-state index in [2.05, 4.69) is 46.4 Å². The smallest absolute Gasteiger partial charge is 0.0692 e. The molecule has 0 N–H and O–H groups in total. The van der Waals surface area contributed by atoms with Gasteiger partial charge in [0.2, 0.25) is 0 Å². The highest BCUT2D eigenvalue weighted by atomic mass is 35.5. The summed E-state index contributed by atoms with van der Waals surface area (Å²) < 4.78 is 1.85. The van der Waals surface area contributed by atoms with Gasteiger partial charge in [-0.1, -0.05) is 23.4 Å². The molecule has 1 aromatic heterocycles. The summed E-state index contributed by atoms with van der Waals surface area (Å²) in [5.41, 5.74) is 1.25. The van der Waals surface area contributed by atoms with Gasteiger partial charge in [0.25, 0.3) is 0 Å². The van der Waals surface area contributed by atoms with Crippen LogP contribution in [0.4, 0.5) is 5.69 Å². The zero-order valence-electron chi connectivity index (χ0n) is 9.86. The van der Waals surface area contributed by atoms with Crippen LogP contribution in [0.1, 0.15) is 6.92 Å². The first-order valence-electron chi connectivity index (χ1n) is 5.54. The van der Waals surface area contributed by atoms with Crippen molar-refractivity contribution >= 4 is 18.1 Å². The van der Waals surface area contributed by atoms with Crippen LogP contribution in [0.5, 0.6) is 0 Å². The molecule has 0 spiro atoms. The zero-order valence-corrected chi connectivity index (χ0v) is 10.7. The van der Waals surface area contributed by atoms with Crippen molar-refractivity contribution in [2.75, 3.05) is 18.0 Å². The number of likely N-dealkylation sites (N-methyl/N-ethyl adjacent to an activating group) is 1. The fourth-order valence-electron chi connectivity index (χ4n) is 1.68. The highest BCUT2D eigenvalue weighted by Gasteiger charge is 2.03. The molecule has 0 fully saturated rings. The van der Waals surface area contributed by atoms with Gasteiger partial charge in [-0.05, 0) is 19.1 Å². The second-order valence-corrected chi connectivity index (χ2v) is 3.58. The summed E-state index contributed by atoms with van der Waals surface area (Å²) in [4.78, 5) is 2.32. The Morgan fingerprint density at radius 3 is 2.59 bits per heavy atom. The molecule has 0 radical (unpaired) electrons. The normalized spacial score (nSPS) is 9.71. The summed E-state index contributed by atoms with van der Waals surface area (Å²) in [5, 5.41) is 7.75. The third-order valence-corrected chi connectivity index (χ3v) is 2.57. The van der Waals surface area contributed by atoms with Gasteiger partial charge >= 0.3 is 0 Å². The lowest BCUT2D eigenvalue weighted by molar-refractivity contribution is 0.579. The van der Waals surface area contributed by atoms with Crippen LogP contribution in [-0.4, -0.2) is 28.1 Å². The van der Waals surface area contributed by atoms with E-state index in [1.807, 2.05) is 16.9 Å². The van der Waals surface area contributed by atoms with Crippen molar-refractivity contribution in [1.82, 2.24) is 15.0 Å². The van der Waals surface area contributed by atoms with Crippen molar-refractivity contribution in [1.29, 1.82) is 0 Å². The van der Waals surface area contributed by atoms with Crippen LogP contribution in [-0.2, 0) is 6.54 Å². The first-order chi connectivity index (χ1) is 7.90. The maximum Gasteiger partial charge on any atom is 0.0692 e. The average Bonchev–Trinajstić information content (AvgIpc) is 2.84. The van der Waals surface area contributed by atoms with Crippen LogP contribution in [0.2, 0.25) is 0 Å². The minimum atomic E-state index is 0. The first-order valence-corrected chi connectivity index (χ1v) is 5.54. The molecule has 2 rings (SSSR count). The molecular weight excluding hydrogens is 236 g/mol. The number of anilines is 1. The maximum atomic E-state index is 3.96. The number of aromatic nitrogens is 3. The number of benzene rings is 1. The SMILES string of the molecule is CCN(CCn1ccnn1)c1ccccc1.Cl. The Balaban J connectivity index is 0.00000144. The summed E-state index contributed by atoms with van der Waals surface area (Å²) in [6, 6.07) is 10.4. The van der Waals surface area contributed by atoms with Crippen LogP contribution in [0.25, 0.3) is 0 Å². The largest absolute Gasteiger partial charge is 0.370 e. The molecule has 92 valence electrons. The molecule has 1 heterocycles. The Hall–Kier alpha value is -1.55. The third-order valence-electron chi connectivity index (χ3n) is 2.57. The molecule has 4 nitrogen and oxygen atoms in total. The van der Waals surface area contributed by atoms with Gasteiger partial charge in [-0.15, -0.1) is 17.5 Å². The maximum absolute atomic E-state index is 3.96. The lowest BCUT2D eigenvalue weighted by Gasteiger charge is -2.22. The number of hydrogen-bond acceptors (Lipinski definition) is 3. The Bertz CT molecular complexity index is 402. The van der Waals surface area contributed by atoms with Crippen LogP contribution < -0.4 is 4.90 Å². The highest BCUT2D eigenvalue weighted by molar-refractivity contribution is 5.85. The van der Waals surface area contributed by atoms with Crippen molar-refractivity contribution in [3.05, 3.63) is 42.7 Å². The van der Waals surface area contributed by atoms with Gasteiger partial charge in [0.05, 0.1) is 12.7 Å². The van der Waals surface area contributed by atoms with Crippen LogP contribution in [0.3, 0.4) is 0 Å². The second-order valence-electron chi connectivity index (χ2n) is 3.58. The number of hydrogen-bond donors (Lipinski definition) is 0. The average molecular weight is 253 g/mol. The minimum Gasteiger partial charge on any atom is -0.370 e. The molecule has 2 aromatic rings. The Kier molecular flexibility index (Phi) is 5.49. The van der Waals surface area contributed by atoms with E-state index in [4.69, 9.17) is 0 Å². The molecule has 0 aliphatic carbocycles. The summed E-state index contributed by atoms with van der Waals surface area (Å²) >= 11 is 0. The molecule has 0 aliphatic rings. The van der Waals surface area contributed by atoms with Crippen LogP contribution in [0, 0.1) is 0 Å². The predicted octanol–water partition coefficient (Wildman–Crippen LogP) is 2.23.